The van der Waals surface area contributed by atoms with Crippen LogP contribution in [-0.2, 0) is 6.54 Å². The molecule has 2 rings (SSSR count). The van der Waals surface area contributed by atoms with Crippen LogP contribution < -0.4 is 5.73 Å². The molecule has 0 saturated carbocycles. The van der Waals surface area contributed by atoms with Gasteiger partial charge >= 0.3 is 0 Å². The van der Waals surface area contributed by atoms with Crippen molar-refractivity contribution in [2.75, 3.05) is 32.4 Å². The van der Waals surface area contributed by atoms with E-state index >= 15 is 0 Å². The summed E-state index contributed by atoms with van der Waals surface area (Å²) in [7, 11) is 2.17. The van der Waals surface area contributed by atoms with Crippen LogP contribution in [0, 0.1) is 0 Å². The molecule has 0 amide bonds. The Balaban J connectivity index is 1.82. The zero-order valence-corrected chi connectivity index (χ0v) is 11.5. The van der Waals surface area contributed by atoms with Gasteiger partial charge in [-0.05, 0) is 33.0 Å². The first-order chi connectivity index (χ1) is 8.19. The Morgan fingerprint density at radius 1 is 1.65 bits per heavy atom. The minimum Gasteiger partial charge on any atom is -0.375 e. The predicted octanol–water partition coefficient (Wildman–Crippen LogP) is 1.64. The largest absolute Gasteiger partial charge is 0.375 e. The van der Waals surface area contributed by atoms with Crippen molar-refractivity contribution in [3.63, 3.8) is 0 Å². The van der Waals surface area contributed by atoms with Crippen molar-refractivity contribution in [2.24, 2.45) is 0 Å². The molecule has 0 aromatic carbocycles. The minimum atomic E-state index is 0.671. The zero-order chi connectivity index (χ0) is 12.3. The van der Waals surface area contributed by atoms with Crippen molar-refractivity contribution in [1.29, 1.82) is 0 Å². The summed E-state index contributed by atoms with van der Waals surface area (Å²) in [6.45, 7) is 6.72. The van der Waals surface area contributed by atoms with Crippen LogP contribution in [0.4, 0.5) is 5.13 Å². The molecule has 1 aromatic rings. The molecule has 4 nitrogen and oxygen atoms in total. The van der Waals surface area contributed by atoms with E-state index in [9.17, 15) is 0 Å². The Morgan fingerprint density at radius 2 is 2.47 bits per heavy atom. The van der Waals surface area contributed by atoms with Crippen LogP contribution >= 0.6 is 11.3 Å². The highest BCUT2D eigenvalue weighted by atomic mass is 32.1. The molecule has 1 saturated heterocycles. The summed E-state index contributed by atoms with van der Waals surface area (Å²) in [6.07, 6.45) is 2.67. The van der Waals surface area contributed by atoms with Crippen LogP contribution in [0.1, 0.15) is 25.5 Å². The highest BCUT2D eigenvalue weighted by molar-refractivity contribution is 7.13. The molecule has 1 atom stereocenters. The van der Waals surface area contributed by atoms with E-state index in [1.807, 2.05) is 0 Å². The molecule has 0 bridgehead atoms. The highest BCUT2D eigenvalue weighted by Gasteiger charge is 2.24. The molecule has 1 unspecified atom stereocenters. The summed E-state index contributed by atoms with van der Waals surface area (Å²) in [5.74, 6) is 0. The van der Waals surface area contributed by atoms with E-state index in [4.69, 9.17) is 5.73 Å². The molecule has 1 aliphatic heterocycles. The molecule has 2 heterocycles. The van der Waals surface area contributed by atoms with Crippen molar-refractivity contribution < 1.29 is 0 Å². The smallest absolute Gasteiger partial charge is 0.180 e. The van der Waals surface area contributed by atoms with Crippen LogP contribution in [0.2, 0.25) is 0 Å². The second-order valence-electron chi connectivity index (χ2n) is 4.80. The Hall–Kier alpha value is -0.650. The van der Waals surface area contributed by atoms with Crippen molar-refractivity contribution >= 4 is 16.5 Å². The number of nitrogens with two attached hydrogens (primary N) is 1. The van der Waals surface area contributed by atoms with Gasteiger partial charge in [0.1, 0.15) is 0 Å². The second kappa shape index (κ2) is 5.80. The first-order valence-corrected chi connectivity index (χ1v) is 7.19. The summed E-state index contributed by atoms with van der Waals surface area (Å²) in [5, 5.41) is 2.72. The molecule has 1 aliphatic rings. The van der Waals surface area contributed by atoms with Crippen molar-refractivity contribution in [1.82, 2.24) is 14.8 Å². The molecule has 0 aliphatic carbocycles. The highest BCUT2D eigenvalue weighted by Crippen LogP contribution is 2.18. The first kappa shape index (κ1) is 12.8. The summed E-state index contributed by atoms with van der Waals surface area (Å²) in [5.41, 5.74) is 6.74. The quantitative estimate of drug-likeness (QED) is 0.867. The molecule has 1 fully saturated rings. The SMILES string of the molecule is CCN1CCCC1CN(C)Cc1csc(N)n1. The van der Waals surface area contributed by atoms with Gasteiger partial charge in [0, 0.05) is 24.5 Å². The summed E-state index contributed by atoms with van der Waals surface area (Å²) in [4.78, 5) is 9.24. The normalized spacial score (nSPS) is 21.5. The zero-order valence-electron chi connectivity index (χ0n) is 10.7. The van der Waals surface area contributed by atoms with Crippen LogP contribution in [0.3, 0.4) is 0 Å². The maximum atomic E-state index is 5.64. The van der Waals surface area contributed by atoms with Gasteiger partial charge in [-0.2, -0.15) is 0 Å². The number of thiazole rings is 1. The standard InChI is InChI=1S/C12H22N4S/c1-3-16-6-4-5-11(16)8-15(2)7-10-9-17-12(13)14-10/h9,11H,3-8H2,1-2H3,(H2,13,14). The topological polar surface area (TPSA) is 45.4 Å². The van der Waals surface area contributed by atoms with Gasteiger partial charge in [0.05, 0.1) is 5.69 Å². The van der Waals surface area contributed by atoms with E-state index < -0.39 is 0 Å². The number of likely N-dealkylation sites (N-methyl/N-ethyl adjacent to an activating group) is 2. The molecule has 0 spiro atoms. The van der Waals surface area contributed by atoms with Crippen molar-refractivity contribution in [3.8, 4) is 0 Å². The van der Waals surface area contributed by atoms with Gasteiger partial charge in [-0.3, -0.25) is 9.80 Å². The number of hydrogen-bond acceptors (Lipinski definition) is 5. The van der Waals surface area contributed by atoms with Gasteiger partial charge in [-0.1, -0.05) is 6.92 Å². The maximum absolute atomic E-state index is 5.64. The number of rotatable bonds is 5. The van der Waals surface area contributed by atoms with Crippen molar-refractivity contribution in [3.05, 3.63) is 11.1 Å². The average Bonchev–Trinajstić information content (AvgIpc) is 2.87. The fourth-order valence-electron chi connectivity index (χ4n) is 2.61. The average molecular weight is 254 g/mol. The first-order valence-electron chi connectivity index (χ1n) is 6.31. The van der Waals surface area contributed by atoms with E-state index in [0.717, 1.165) is 24.8 Å². The third kappa shape index (κ3) is 3.40. The molecule has 2 N–H and O–H groups in total. The van der Waals surface area contributed by atoms with Gasteiger partial charge in [-0.25, -0.2) is 4.98 Å². The monoisotopic (exact) mass is 254 g/mol. The molecule has 96 valence electrons. The van der Waals surface area contributed by atoms with Gasteiger partial charge in [0.25, 0.3) is 0 Å². The fraction of sp³-hybridized carbons (Fsp3) is 0.750. The molecule has 0 radical (unpaired) electrons. The molecular weight excluding hydrogens is 232 g/mol. The maximum Gasteiger partial charge on any atom is 0.180 e. The molecule has 17 heavy (non-hydrogen) atoms. The lowest BCUT2D eigenvalue weighted by atomic mass is 10.2. The summed E-state index contributed by atoms with van der Waals surface area (Å²) in [6, 6.07) is 0.723. The third-order valence-electron chi connectivity index (χ3n) is 3.43. The molecule has 1 aromatic heterocycles. The van der Waals surface area contributed by atoms with Gasteiger partial charge in [0.2, 0.25) is 0 Å². The van der Waals surface area contributed by atoms with E-state index in [0.29, 0.717) is 5.13 Å². The lowest BCUT2D eigenvalue weighted by molar-refractivity contribution is 0.194. The van der Waals surface area contributed by atoms with E-state index in [1.54, 1.807) is 0 Å². The van der Waals surface area contributed by atoms with Crippen LogP contribution in [0.25, 0.3) is 0 Å². The van der Waals surface area contributed by atoms with Crippen LogP contribution in [-0.4, -0.2) is 47.5 Å². The Kier molecular flexibility index (Phi) is 4.36. The number of nitrogens with zero attached hydrogens (tertiary/aromatic N) is 3. The molecular formula is C12H22N4S. The fourth-order valence-corrected chi connectivity index (χ4v) is 3.17. The molecule has 5 heteroatoms. The van der Waals surface area contributed by atoms with Gasteiger partial charge in [0.15, 0.2) is 5.13 Å². The number of nitrogen functional groups attached to an aromatic ring is 1. The Bertz CT molecular complexity index is 352. The number of hydrogen-bond donors (Lipinski definition) is 1. The number of aromatic nitrogens is 1. The Labute approximate surface area is 107 Å². The second-order valence-corrected chi connectivity index (χ2v) is 5.69. The van der Waals surface area contributed by atoms with Gasteiger partial charge in [-0.15, -0.1) is 11.3 Å². The van der Waals surface area contributed by atoms with Crippen LogP contribution in [0.5, 0.6) is 0 Å². The lowest BCUT2D eigenvalue weighted by Crippen LogP contribution is -2.38. The number of anilines is 1. The van der Waals surface area contributed by atoms with E-state index in [1.165, 1.54) is 37.3 Å². The van der Waals surface area contributed by atoms with Gasteiger partial charge < -0.3 is 5.73 Å². The van der Waals surface area contributed by atoms with E-state index in [-0.39, 0.29) is 0 Å². The summed E-state index contributed by atoms with van der Waals surface area (Å²) >= 11 is 1.52. The number of likely N-dealkylation sites (tertiary alicyclic amines) is 1. The summed E-state index contributed by atoms with van der Waals surface area (Å²) < 4.78 is 0. The third-order valence-corrected chi connectivity index (χ3v) is 4.15. The van der Waals surface area contributed by atoms with Crippen molar-refractivity contribution in [2.45, 2.75) is 32.4 Å². The predicted molar refractivity (Wildman–Crippen MR) is 73.1 cm³/mol. The Morgan fingerprint density at radius 3 is 3.12 bits per heavy atom. The van der Waals surface area contributed by atoms with Crippen LogP contribution in [0.15, 0.2) is 5.38 Å². The lowest BCUT2D eigenvalue weighted by Gasteiger charge is -2.27. The minimum absolute atomic E-state index is 0.671. The van der Waals surface area contributed by atoms with E-state index in [2.05, 4.69) is 34.1 Å².